The minimum Gasteiger partial charge on any atom is -0.326 e. The predicted octanol–water partition coefficient (Wildman–Crippen LogP) is 4.73. The maximum Gasteiger partial charge on any atom is 0.257 e. The van der Waals surface area contributed by atoms with E-state index in [1.54, 1.807) is 10.6 Å². The first kappa shape index (κ1) is 19.9. The van der Waals surface area contributed by atoms with Crippen LogP contribution >= 0.6 is 0 Å². The van der Waals surface area contributed by atoms with Gasteiger partial charge in [0.2, 0.25) is 11.9 Å². The van der Waals surface area contributed by atoms with Crippen LogP contribution in [0.5, 0.6) is 0 Å². The molecule has 0 amide bonds. The molecule has 2 heterocycles. The predicted molar refractivity (Wildman–Crippen MR) is 123 cm³/mol. The van der Waals surface area contributed by atoms with Crippen molar-refractivity contribution in [1.82, 2.24) is 9.55 Å². The number of aromatic nitrogens is 2. The summed E-state index contributed by atoms with van der Waals surface area (Å²) < 4.78 is 1.60. The Morgan fingerprint density at radius 3 is 2.50 bits per heavy atom. The van der Waals surface area contributed by atoms with Crippen LogP contribution in [0.2, 0.25) is 0 Å². The Labute approximate surface area is 176 Å². The molecule has 1 unspecified atom stereocenters. The first-order valence-corrected chi connectivity index (χ1v) is 10.2. The van der Waals surface area contributed by atoms with Gasteiger partial charge in [0, 0.05) is 17.4 Å². The van der Waals surface area contributed by atoms with E-state index < -0.39 is 6.17 Å². The van der Waals surface area contributed by atoms with Crippen molar-refractivity contribution in [1.29, 1.82) is 0 Å². The van der Waals surface area contributed by atoms with Crippen LogP contribution in [0.1, 0.15) is 53.9 Å². The minimum atomic E-state index is -0.490. The van der Waals surface area contributed by atoms with Crippen molar-refractivity contribution >= 4 is 17.6 Å². The van der Waals surface area contributed by atoms with Gasteiger partial charge in [0.05, 0.1) is 0 Å². The molecule has 1 aromatic heterocycles. The second kappa shape index (κ2) is 7.78. The van der Waals surface area contributed by atoms with Crippen molar-refractivity contribution in [2.75, 3.05) is 10.6 Å². The number of hydrogen-bond acceptors (Lipinski definition) is 5. The first-order chi connectivity index (χ1) is 14.3. The van der Waals surface area contributed by atoms with Gasteiger partial charge in [0.1, 0.15) is 0 Å². The highest BCUT2D eigenvalue weighted by atomic mass is 16.1. The molecule has 6 nitrogen and oxygen atoms in total. The molecule has 6 heteroatoms. The van der Waals surface area contributed by atoms with Gasteiger partial charge in [-0.1, -0.05) is 50.2 Å². The lowest BCUT2D eigenvalue weighted by Crippen LogP contribution is -2.37. The Morgan fingerprint density at radius 2 is 1.80 bits per heavy atom. The number of rotatable bonds is 3. The molecule has 0 fully saturated rings. The molecule has 2 aromatic carbocycles. The van der Waals surface area contributed by atoms with Crippen LogP contribution in [0.3, 0.4) is 0 Å². The van der Waals surface area contributed by atoms with Gasteiger partial charge in [-0.2, -0.15) is 0 Å². The zero-order valence-corrected chi connectivity index (χ0v) is 18.0. The zero-order chi connectivity index (χ0) is 21.4. The van der Waals surface area contributed by atoms with E-state index in [1.165, 1.54) is 11.1 Å². The van der Waals surface area contributed by atoms with Gasteiger partial charge in [-0.3, -0.25) is 14.7 Å². The van der Waals surface area contributed by atoms with Crippen LogP contribution < -0.4 is 16.2 Å². The van der Waals surface area contributed by atoms with Crippen LogP contribution in [0.15, 0.2) is 58.3 Å². The maximum absolute atomic E-state index is 12.8. The number of nitrogens with zero attached hydrogens (tertiary/aromatic N) is 3. The van der Waals surface area contributed by atoms with Crippen molar-refractivity contribution in [3.05, 3.63) is 86.8 Å². The first-order valence-electron chi connectivity index (χ1n) is 10.2. The van der Waals surface area contributed by atoms with Gasteiger partial charge in [-0.15, -0.1) is 0 Å². The monoisotopic (exact) mass is 401 g/mol. The molecule has 0 saturated carbocycles. The fourth-order valence-electron chi connectivity index (χ4n) is 3.60. The summed E-state index contributed by atoms with van der Waals surface area (Å²) in [6, 6.07) is 15.9. The Kier molecular flexibility index (Phi) is 5.16. The summed E-state index contributed by atoms with van der Waals surface area (Å²) in [7, 11) is 0. The lowest BCUT2D eigenvalue weighted by atomic mass is 10.0. The molecule has 154 valence electrons. The third-order valence-corrected chi connectivity index (χ3v) is 5.57. The summed E-state index contributed by atoms with van der Waals surface area (Å²) in [5.74, 6) is 1.50. The maximum atomic E-state index is 12.8. The lowest BCUT2D eigenvalue weighted by molar-refractivity contribution is 0.577. The van der Waals surface area contributed by atoms with E-state index in [0.717, 1.165) is 16.8 Å². The third-order valence-electron chi connectivity index (χ3n) is 5.57. The van der Waals surface area contributed by atoms with E-state index in [-0.39, 0.29) is 5.56 Å². The third kappa shape index (κ3) is 3.73. The van der Waals surface area contributed by atoms with Gasteiger partial charge < -0.3 is 5.32 Å². The van der Waals surface area contributed by atoms with Gasteiger partial charge in [0.25, 0.3) is 5.56 Å². The summed E-state index contributed by atoms with van der Waals surface area (Å²) in [6.45, 7) is 10.3. The molecule has 1 atom stereocenters. The molecular weight excluding hydrogens is 374 g/mol. The molecule has 0 spiro atoms. The zero-order valence-electron chi connectivity index (χ0n) is 18.0. The SMILES string of the molecule is Cc1cc(=O)n2c(n1)NC(Nc1cccc(C)c1C)=NC2c1ccc(C(C)C)cc1. The average molecular weight is 402 g/mol. The number of anilines is 2. The number of aryl methyl sites for hydroxylation is 2. The summed E-state index contributed by atoms with van der Waals surface area (Å²) in [5.41, 5.74) is 6.05. The molecular formula is C24H27N5O. The number of fused-ring (bicyclic) bond motifs is 1. The van der Waals surface area contributed by atoms with E-state index in [9.17, 15) is 4.79 Å². The highest BCUT2D eigenvalue weighted by molar-refractivity contribution is 6.04. The fourth-order valence-corrected chi connectivity index (χ4v) is 3.60. The van der Waals surface area contributed by atoms with Gasteiger partial charge >= 0.3 is 0 Å². The summed E-state index contributed by atoms with van der Waals surface area (Å²) >= 11 is 0. The Morgan fingerprint density at radius 1 is 1.07 bits per heavy atom. The van der Waals surface area contributed by atoms with Crippen LogP contribution in [0.4, 0.5) is 11.6 Å². The molecule has 4 rings (SSSR count). The Hall–Kier alpha value is -3.41. The Balaban J connectivity index is 1.79. The number of guanidine groups is 1. The van der Waals surface area contributed by atoms with Crippen LogP contribution in [-0.4, -0.2) is 15.5 Å². The van der Waals surface area contributed by atoms with Crippen molar-refractivity contribution in [2.45, 2.75) is 46.7 Å². The largest absolute Gasteiger partial charge is 0.326 e. The molecule has 0 radical (unpaired) electrons. The molecule has 2 N–H and O–H groups in total. The average Bonchev–Trinajstić information content (AvgIpc) is 2.70. The van der Waals surface area contributed by atoms with Crippen molar-refractivity contribution < 1.29 is 0 Å². The normalized spacial score (nSPS) is 15.4. The standard InChI is InChI=1S/C24H27N5O/c1-14(2)18-9-11-19(12-10-18)22-27-23(26-20-8-6-7-15(3)17(20)5)28-24-25-16(4)13-21(30)29(22)24/h6-14,22H,1-5H3,(H2,25,26,27,28). The minimum absolute atomic E-state index is 0.127. The van der Waals surface area contributed by atoms with E-state index >= 15 is 0 Å². The molecule has 1 aliphatic heterocycles. The van der Waals surface area contributed by atoms with Crippen molar-refractivity contribution in [2.24, 2.45) is 4.99 Å². The van der Waals surface area contributed by atoms with E-state index in [1.807, 2.05) is 31.2 Å². The number of nitrogens with one attached hydrogen (secondary N) is 2. The van der Waals surface area contributed by atoms with E-state index in [0.29, 0.717) is 23.5 Å². The lowest BCUT2D eigenvalue weighted by Gasteiger charge is -2.27. The van der Waals surface area contributed by atoms with Crippen LogP contribution in [0, 0.1) is 20.8 Å². The highest BCUT2D eigenvalue weighted by Crippen LogP contribution is 2.28. The number of benzene rings is 2. The summed E-state index contributed by atoms with van der Waals surface area (Å²) in [5, 5.41) is 6.58. The summed E-state index contributed by atoms with van der Waals surface area (Å²) in [6.07, 6.45) is -0.490. The second-order valence-electron chi connectivity index (χ2n) is 8.10. The smallest absolute Gasteiger partial charge is 0.257 e. The highest BCUT2D eigenvalue weighted by Gasteiger charge is 2.25. The van der Waals surface area contributed by atoms with Crippen LogP contribution in [0.25, 0.3) is 0 Å². The molecule has 30 heavy (non-hydrogen) atoms. The molecule has 3 aromatic rings. The van der Waals surface area contributed by atoms with Gasteiger partial charge in [-0.05, 0) is 55.0 Å². The number of aliphatic imine (C=N–C) groups is 1. The molecule has 1 aliphatic rings. The van der Waals surface area contributed by atoms with Crippen LogP contribution in [-0.2, 0) is 0 Å². The van der Waals surface area contributed by atoms with Gasteiger partial charge in [0.15, 0.2) is 6.17 Å². The van der Waals surface area contributed by atoms with Crippen molar-refractivity contribution in [3.63, 3.8) is 0 Å². The topological polar surface area (TPSA) is 71.3 Å². The second-order valence-corrected chi connectivity index (χ2v) is 8.10. The van der Waals surface area contributed by atoms with E-state index in [4.69, 9.17) is 4.99 Å². The molecule has 0 bridgehead atoms. The summed E-state index contributed by atoms with van der Waals surface area (Å²) in [4.78, 5) is 22.2. The van der Waals surface area contributed by atoms with E-state index in [2.05, 4.69) is 61.5 Å². The quantitative estimate of drug-likeness (QED) is 0.665. The van der Waals surface area contributed by atoms with Crippen molar-refractivity contribution in [3.8, 4) is 0 Å². The Bertz CT molecular complexity index is 1180. The fraction of sp³-hybridized carbons (Fsp3) is 0.292. The molecule has 0 saturated heterocycles. The van der Waals surface area contributed by atoms with Gasteiger partial charge in [-0.25, -0.2) is 9.98 Å². The molecule has 0 aliphatic carbocycles. The number of hydrogen-bond donors (Lipinski definition) is 2.